The molecule has 0 rings (SSSR count). The van der Waals surface area contributed by atoms with Gasteiger partial charge in [0.05, 0.1) is 0 Å². The molecule has 0 aromatic rings. The first-order valence-electron chi connectivity index (χ1n) is 3.94. The van der Waals surface area contributed by atoms with Crippen LogP contribution in [-0.2, 0) is 20.8 Å². The fourth-order valence-electron chi connectivity index (χ4n) is 0.519. The normalized spacial score (nSPS) is 8.18. The molecule has 0 amide bonds. The van der Waals surface area contributed by atoms with Gasteiger partial charge in [-0.2, -0.15) is 0 Å². The molecule has 0 radical (unpaired) electrons. The maximum absolute atomic E-state index is 9.76. The quantitative estimate of drug-likeness (QED) is 0.505. The molecule has 0 spiro atoms. The molecule has 0 atom stereocenters. The van der Waals surface area contributed by atoms with Crippen LogP contribution in [-0.4, -0.2) is 5.97 Å². The van der Waals surface area contributed by atoms with Gasteiger partial charge in [-0.25, -0.2) is 0 Å². The van der Waals surface area contributed by atoms with Crippen molar-refractivity contribution >= 4 is 5.97 Å². The second-order valence-electron chi connectivity index (χ2n) is 2.10. The van der Waals surface area contributed by atoms with Crippen molar-refractivity contribution in [3.8, 4) is 0 Å². The first-order valence-corrected chi connectivity index (χ1v) is 4.78. The number of unbranched alkanes of at least 4 members (excludes halogenated alkanes) is 2. The van der Waals surface area contributed by atoms with Crippen molar-refractivity contribution in [2.24, 2.45) is 0 Å². The molecule has 0 heterocycles. The summed E-state index contributed by atoms with van der Waals surface area (Å²) >= 11 is 3.15. The summed E-state index contributed by atoms with van der Waals surface area (Å²) in [6, 6.07) is 0. The number of hydrogen-bond donors (Lipinski definition) is 0. The Balaban J connectivity index is 0. The van der Waals surface area contributed by atoms with Crippen molar-refractivity contribution in [3.05, 3.63) is 0 Å². The predicted octanol–water partition coefficient (Wildman–Crippen LogP) is 1.29. The third-order valence-corrected chi connectivity index (χ3v) is 0.984. The van der Waals surface area contributed by atoms with Gasteiger partial charge < -0.3 is 9.90 Å². The van der Waals surface area contributed by atoms with Gasteiger partial charge in [0.1, 0.15) is 0 Å². The Morgan fingerprint density at radius 3 is 2.09 bits per heavy atom. The summed E-state index contributed by atoms with van der Waals surface area (Å²) in [5.41, 5.74) is 0. The van der Waals surface area contributed by atoms with E-state index in [-0.39, 0.29) is 6.42 Å². The summed E-state index contributed by atoms with van der Waals surface area (Å²) in [7, 11) is 0. The molecule has 0 saturated heterocycles. The predicted molar refractivity (Wildman–Crippen MR) is 39.6 cm³/mol. The van der Waals surface area contributed by atoms with Crippen molar-refractivity contribution in [2.45, 2.75) is 44.9 Å². The van der Waals surface area contributed by atoms with Crippen LogP contribution >= 0.6 is 0 Å². The maximum atomic E-state index is 9.76. The molecule has 0 unspecified atom stereocenters. The number of hydrogen-bond acceptors (Lipinski definition) is 2. The van der Waals surface area contributed by atoms with E-state index in [2.05, 4.69) is 16.0 Å². The van der Waals surface area contributed by atoms with Gasteiger partial charge in [-0.05, 0) is 12.8 Å². The fourth-order valence-corrected chi connectivity index (χ4v) is 0.519. The molecule has 11 heavy (non-hydrogen) atoms. The second-order valence-corrected chi connectivity index (χ2v) is 2.93. The fraction of sp³-hybridized carbons (Fsp3) is 0.875. The topological polar surface area (TPSA) is 40.1 Å². The van der Waals surface area contributed by atoms with Gasteiger partial charge in [0.15, 0.2) is 0 Å². The van der Waals surface area contributed by atoms with Crippen molar-refractivity contribution < 1.29 is 25.9 Å². The zero-order chi connectivity index (χ0) is 9.11. The Morgan fingerprint density at radius 1 is 1.36 bits per heavy atom. The first kappa shape index (κ1) is 13.6. The molecule has 0 saturated carbocycles. The van der Waals surface area contributed by atoms with Gasteiger partial charge in [0.2, 0.25) is 0 Å². The molecule has 0 aromatic carbocycles. The molecular weight excluding hydrogens is 183 g/mol. The minimum absolute atomic E-state index is 0.216. The van der Waals surface area contributed by atoms with E-state index in [4.69, 9.17) is 0 Å². The summed E-state index contributed by atoms with van der Waals surface area (Å²) in [5.74, 6) is -0.932. The molecule has 67 valence electrons. The Hall–Kier alpha value is -0.0105. The third kappa shape index (κ3) is 25.6. The standard InChI is InChI=1S/C6H12O2.C2H5.Mn/c1-2-3-4-5-6(7)8;1-2;/h2-5H2,1H3,(H,7,8);1H2,2H3;/q;;+1/p-1. The summed E-state index contributed by atoms with van der Waals surface area (Å²) in [5, 5.41) is 10.8. The number of aliphatic carboxylic acids is 1. The van der Waals surface area contributed by atoms with Gasteiger partial charge in [0.25, 0.3) is 0 Å². The summed E-state index contributed by atoms with van der Waals surface area (Å²) in [6.07, 6.45) is 3.04. The van der Waals surface area contributed by atoms with Crippen LogP contribution in [0.25, 0.3) is 0 Å². The Bertz CT molecular complexity index is 84.2. The average molecular weight is 199 g/mol. The molecule has 3 heteroatoms. The molecule has 0 bridgehead atoms. The molecule has 0 aliphatic carbocycles. The molecule has 0 aromatic heterocycles. The number of rotatable bonds is 4. The van der Waals surface area contributed by atoms with Crippen LogP contribution in [0.3, 0.4) is 0 Å². The Morgan fingerprint density at radius 2 is 1.82 bits per heavy atom. The SMILES string of the molecule is CCCCCC(=O)[O-].C[CH2][Mn+]. The van der Waals surface area contributed by atoms with E-state index in [0.29, 0.717) is 0 Å². The van der Waals surface area contributed by atoms with Crippen molar-refractivity contribution in [2.75, 3.05) is 0 Å². The molecule has 0 fully saturated rings. The van der Waals surface area contributed by atoms with Crippen LogP contribution in [0.2, 0.25) is 5.32 Å². The number of carboxylic acid groups (broad SMARTS) is 1. The zero-order valence-corrected chi connectivity index (χ0v) is 8.41. The van der Waals surface area contributed by atoms with Crippen LogP contribution in [0.15, 0.2) is 0 Å². The first-order chi connectivity index (χ1) is 5.18. The van der Waals surface area contributed by atoms with E-state index in [0.717, 1.165) is 24.6 Å². The van der Waals surface area contributed by atoms with E-state index in [1.807, 2.05) is 13.8 Å². The van der Waals surface area contributed by atoms with Crippen molar-refractivity contribution in [3.63, 3.8) is 0 Å². The van der Waals surface area contributed by atoms with Gasteiger partial charge in [-0.15, -0.1) is 0 Å². The van der Waals surface area contributed by atoms with Gasteiger partial charge in [0, 0.05) is 5.97 Å². The molecular formula is C8H16MnO2. The van der Waals surface area contributed by atoms with E-state index in [1.165, 1.54) is 0 Å². The van der Waals surface area contributed by atoms with Gasteiger partial charge in [-0.1, -0.05) is 19.8 Å². The minimum atomic E-state index is -0.932. The molecule has 0 N–H and O–H groups in total. The van der Waals surface area contributed by atoms with Crippen molar-refractivity contribution in [1.29, 1.82) is 0 Å². The van der Waals surface area contributed by atoms with Crippen LogP contribution in [0.4, 0.5) is 0 Å². The number of carbonyl (C=O) groups excluding carboxylic acids is 1. The van der Waals surface area contributed by atoms with E-state index < -0.39 is 5.97 Å². The van der Waals surface area contributed by atoms with E-state index >= 15 is 0 Å². The summed E-state index contributed by atoms with van der Waals surface area (Å²) < 4.78 is 0. The molecule has 2 nitrogen and oxygen atoms in total. The van der Waals surface area contributed by atoms with Gasteiger partial charge in [-0.3, -0.25) is 0 Å². The van der Waals surface area contributed by atoms with E-state index in [9.17, 15) is 9.90 Å². The molecule has 0 aliphatic rings. The third-order valence-electron chi connectivity index (χ3n) is 0.984. The Labute approximate surface area is 77.2 Å². The van der Waals surface area contributed by atoms with Crippen LogP contribution in [0, 0.1) is 0 Å². The van der Waals surface area contributed by atoms with Crippen LogP contribution in [0.5, 0.6) is 0 Å². The summed E-state index contributed by atoms with van der Waals surface area (Å²) in [6.45, 7) is 4.08. The number of carbonyl (C=O) groups is 1. The zero-order valence-electron chi connectivity index (χ0n) is 7.23. The average Bonchev–Trinajstić information content (AvgIpc) is 1.89. The number of carboxylic acids is 1. The van der Waals surface area contributed by atoms with Crippen LogP contribution in [0.1, 0.15) is 39.5 Å². The summed E-state index contributed by atoms with van der Waals surface area (Å²) in [4.78, 5) is 9.76. The second kappa shape index (κ2) is 12.6. The van der Waals surface area contributed by atoms with Crippen LogP contribution < -0.4 is 5.11 Å². The monoisotopic (exact) mass is 199 g/mol. The van der Waals surface area contributed by atoms with Gasteiger partial charge >= 0.3 is 28.3 Å². The van der Waals surface area contributed by atoms with E-state index in [1.54, 1.807) is 0 Å². The van der Waals surface area contributed by atoms with Crippen molar-refractivity contribution in [1.82, 2.24) is 0 Å². The Kier molecular flexibility index (Phi) is 15.6. The molecule has 0 aliphatic heterocycles.